The smallest absolute Gasteiger partial charge is 0.119 e. The first-order valence-corrected chi connectivity index (χ1v) is 6.08. The quantitative estimate of drug-likeness (QED) is 0.797. The Morgan fingerprint density at radius 1 is 1.24 bits per heavy atom. The van der Waals surface area contributed by atoms with E-state index in [1.807, 2.05) is 44.2 Å². The van der Waals surface area contributed by atoms with Crippen LogP contribution in [0.4, 0.5) is 0 Å². The summed E-state index contributed by atoms with van der Waals surface area (Å²) < 4.78 is 11.2. The summed E-state index contributed by atoms with van der Waals surface area (Å²) in [6, 6.07) is 9.71. The van der Waals surface area contributed by atoms with Crippen molar-refractivity contribution >= 4 is 0 Å². The molecule has 2 atom stereocenters. The van der Waals surface area contributed by atoms with E-state index >= 15 is 0 Å². The Morgan fingerprint density at radius 2 is 1.94 bits per heavy atom. The third-order valence-corrected chi connectivity index (χ3v) is 3.54. The van der Waals surface area contributed by atoms with Crippen LogP contribution in [0.25, 0.3) is 0 Å². The second-order valence-corrected chi connectivity index (χ2v) is 5.09. The first-order valence-electron chi connectivity index (χ1n) is 6.08. The Balaban J connectivity index is 1.65. The number of benzene rings is 1. The van der Waals surface area contributed by atoms with Crippen LogP contribution in [-0.2, 0) is 4.74 Å². The lowest BCUT2D eigenvalue weighted by Crippen LogP contribution is -2.54. The Morgan fingerprint density at radius 3 is 2.53 bits per heavy atom. The second-order valence-electron chi connectivity index (χ2n) is 5.09. The van der Waals surface area contributed by atoms with Gasteiger partial charge in [-0.3, -0.25) is 0 Å². The molecule has 0 aromatic heterocycles. The molecule has 2 rings (SSSR count). The van der Waals surface area contributed by atoms with Gasteiger partial charge in [0.2, 0.25) is 0 Å². The van der Waals surface area contributed by atoms with E-state index in [0.717, 1.165) is 12.2 Å². The van der Waals surface area contributed by atoms with E-state index in [4.69, 9.17) is 9.47 Å². The number of hydrogen-bond donors (Lipinski definition) is 1. The van der Waals surface area contributed by atoms with Crippen LogP contribution in [0, 0.1) is 5.41 Å². The normalized spacial score (nSPS) is 26.3. The van der Waals surface area contributed by atoms with Gasteiger partial charge >= 0.3 is 0 Å². The van der Waals surface area contributed by atoms with E-state index in [1.54, 1.807) is 0 Å². The van der Waals surface area contributed by atoms with Crippen LogP contribution in [0.1, 0.15) is 20.3 Å². The summed E-state index contributed by atoms with van der Waals surface area (Å²) in [4.78, 5) is 0. The van der Waals surface area contributed by atoms with Crippen molar-refractivity contribution in [3.05, 3.63) is 30.3 Å². The van der Waals surface area contributed by atoms with Crippen molar-refractivity contribution in [3.8, 4) is 5.75 Å². The van der Waals surface area contributed by atoms with Crippen molar-refractivity contribution < 1.29 is 14.6 Å². The minimum Gasteiger partial charge on any atom is -0.491 e. The fraction of sp³-hybridized carbons (Fsp3) is 0.571. The molecule has 0 saturated heterocycles. The highest BCUT2D eigenvalue weighted by molar-refractivity contribution is 5.20. The standard InChI is InChI=1S/C14H20O3/c1-14(2)12(15)10-13(14)17-9-8-16-11-6-4-3-5-7-11/h3-7,12-13,15H,8-10H2,1-2H3. The second kappa shape index (κ2) is 5.07. The molecule has 1 aliphatic rings. The van der Waals surface area contributed by atoms with Gasteiger partial charge in [-0.15, -0.1) is 0 Å². The summed E-state index contributed by atoms with van der Waals surface area (Å²) in [5.41, 5.74) is -0.118. The van der Waals surface area contributed by atoms with Gasteiger partial charge in [-0.25, -0.2) is 0 Å². The average Bonchev–Trinajstić information content (AvgIpc) is 2.34. The largest absolute Gasteiger partial charge is 0.491 e. The molecule has 1 aliphatic carbocycles. The maximum Gasteiger partial charge on any atom is 0.119 e. The molecule has 1 aromatic carbocycles. The number of hydrogen-bond acceptors (Lipinski definition) is 3. The van der Waals surface area contributed by atoms with Gasteiger partial charge in [-0.1, -0.05) is 32.0 Å². The van der Waals surface area contributed by atoms with Gasteiger partial charge in [0.15, 0.2) is 0 Å². The van der Waals surface area contributed by atoms with Gasteiger partial charge in [0.05, 0.1) is 18.8 Å². The molecular weight excluding hydrogens is 216 g/mol. The van der Waals surface area contributed by atoms with Crippen molar-refractivity contribution in [2.45, 2.75) is 32.5 Å². The molecule has 1 aromatic rings. The van der Waals surface area contributed by atoms with E-state index in [1.165, 1.54) is 0 Å². The topological polar surface area (TPSA) is 38.7 Å². The van der Waals surface area contributed by atoms with Gasteiger partial charge in [-0.05, 0) is 12.1 Å². The first kappa shape index (κ1) is 12.4. The lowest BCUT2D eigenvalue weighted by Gasteiger charge is -2.48. The lowest BCUT2D eigenvalue weighted by atomic mass is 9.66. The predicted octanol–water partition coefficient (Wildman–Crippen LogP) is 2.24. The maximum atomic E-state index is 9.57. The molecule has 0 heterocycles. The number of aliphatic hydroxyl groups excluding tert-OH is 1. The van der Waals surface area contributed by atoms with Crippen LogP contribution < -0.4 is 4.74 Å². The van der Waals surface area contributed by atoms with Crippen molar-refractivity contribution in [1.82, 2.24) is 0 Å². The summed E-state index contributed by atoms with van der Waals surface area (Å²) in [6.45, 7) is 5.18. The van der Waals surface area contributed by atoms with Crippen LogP contribution in [0.15, 0.2) is 30.3 Å². The molecule has 3 nitrogen and oxygen atoms in total. The maximum absolute atomic E-state index is 9.57. The molecule has 2 unspecified atom stereocenters. The van der Waals surface area contributed by atoms with Gasteiger partial charge in [0.1, 0.15) is 12.4 Å². The van der Waals surface area contributed by atoms with Gasteiger partial charge in [0.25, 0.3) is 0 Å². The van der Waals surface area contributed by atoms with E-state index in [9.17, 15) is 5.11 Å². The van der Waals surface area contributed by atoms with Crippen LogP contribution in [0.3, 0.4) is 0 Å². The lowest BCUT2D eigenvalue weighted by molar-refractivity contribution is -0.177. The highest BCUT2D eigenvalue weighted by atomic mass is 16.5. The third kappa shape index (κ3) is 2.79. The van der Waals surface area contributed by atoms with Crippen molar-refractivity contribution in [1.29, 1.82) is 0 Å². The molecule has 94 valence electrons. The molecule has 17 heavy (non-hydrogen) atoms. The molecule has 1 saturated carbocycles. The Labute approximate surface area is 102 Å². The highest BCUT2D eigenvalue weighted by Crippen LogP contribution is 2.42. The number of rotatable bonds is 5. The minimum atomic E-state index is -0.234. The Bertz CT molecular complexity index is 348. The van der Waals surface area contributed by atoms with Crippen molar-refractivity contribution in [2.24, 2.45) is 5.41 Å². The molecule has 1 fully saturated rings. The van der Waals surface area contributed by atoms with Crippen LogP contribution in [0.5, 0.6) is 5.75 Å². The monoisotopic (exact) mass is 236 g/mol. The Kier molecular flexibility index (Phi) is 3.69. The van der Waals surface area contributed by atoms with Gasteiger partial charge in [0, 0.05) is 11.8 Å². The van der Waals surface area contributed by atoms with Crippen molar-refractivity contribution in [3.63, 3.8) is 0 Å². The van der Waals surface area contributed by atoms with Gasteiger partial charge in [-0.2, -0.15) is 0 Å². The van der Waals surface area contributed by atoms with Crippen LogP contribution >= 0.6 is 0 Å². The highest BCUT2D eigenvalue weighted by Gasteiger charge is 2.48. The molecule has 0 radical (unpaired) electrons. The zero-order valence-electron chi connectivity index (χ0n) is 10.4. The van der Waals surface area contributed by atoms with Crippen LogP contribution in [-0.4, -0.2) is 30.5 Å². The van der Waals surface area contributed by atoms with E-state index in [-0.39, 0.29) is 17.6 Å². The number of ether oxygens (including phenoxy) is 2. The van der Waals surface area contributed by atoms with E-state index in [0.29, 0.717) is 13.2 Å². The third-order valence-electron chi connectivity index (χ3n) is 3.54. The Hall–Kier alpha value is -1.06. The van der Waals surface area contributed by atoms with E-state index < -0.39 is 0 Å². The summed E-state index contributed by atoms with van der Waals surface area (Å²) in [5.74, 6) is 0.865. The average molecular weight is 236 g/mol. The molecule has 1 N–H and O–H groups in total. The SMILES string of the molecule is CC1(C)C(O)CC1OCCOc1ccccc1. The zero-order valence-corrected chi connectivity index (χ0v) is 10.4. The van der Waals surface area contributed by atoms with Crippen LogP contribution in [0.2, 0.25) is 0 Å². The first-order chi connectivity index (χ1) is 8.10. The molecular formula is C14H20O3. The fourth-order valence-electron chi connectivity index (χ4n) is 2.01. The molecule has 0 bridgehead atoms. The molecule has 0 amide bonds. The minimum absolute atomic E-state index is 0.118. The zero-order chi connectivity index (χ0) is 12.3. The van der Waals surface area contributed by atoms with Gasteiger partial charge < -0.3 is 14.6 Å². The summed E-state index contributed by atoms with van der Waals surface area (Å²) in [5, 5.41) is 9.57. The summed E-state index contributed by atoms with van der Waals surface area (Å²) in [6.07, 6.45) is 0.651. The molecule has 3 heteroatoms. The summed E-state index contributed by atoms with van der Waals surface area (Å²) >= 11 is 0. The molecule has 0 aliphatic heterocycles. The fourth-order valence-corrected chi connectivity index (χ4v) is 2.01. The molecule has 0 spiro atoms. The predicted molar refractivity (Wildman–Crippen MR) is 66.1 cm³/mol. The van der Waals surface area contributed by atoms with E-state index in [2.05, 4.69) is 0 Å². The number of para-hydroxylation sites is 1. The number of aliphatic hydroxyl groups is 1. The van der Waals surface area contributed by atoms with Crippen molar-refractivity contribution in [2.75, 3.05) is 13.2 Å². The summed E-state index contributed by atoms with van der Waals surface area (Å²) in [7, 11) is 0.